The molecule has 1 aromatic carbocycles. The molecule has 0 aliphatic rings. The molecule has 0 aliphatic carbocycles. The summed E-state index contributed by atoms with van der Waals surface area (Å²) in [6.45, 7) is 4.53. The van der Waals surface area contributed by atoms with Gasteiger partial charge in [0, 0.05) is 18.3 Å². The number of nitrogens with one attached hydrogen (secondary N) is 1. The van der Waals surface area contributed by atoms with Gasteiger partial charge in [-0.2, -0.15) is 5.10 Å². The predicted molar refractivity (Wildman–Crippen MR) is 68.2 cm³/mol. The summed E-state index contributed by atoms with van der Waals surface area (Å²) >= 11 is 0. The molecule has 4 nitrogen and oxygen atoms in total. The lowest BCUT2D eigenvalue weighted by molar-refractivity contribution is 0.598. The predicted octanol–water partition coefficient (Wildman–Crippen LogP) is 1.90. The fraction of sp³-hybridized carbons (Fsp3) is 0.308. The van der Waals surface area contributed by atoms with Crippen molar-refractivity contribution in [2.75, 3.05) is 0 Å². The van der Waals surface area contributed by atoms with E-state index in [1.165, 1.54) is 6.07 Å². The zero-order chi connectivity index (χ0) is 13.1. The van der Waals surface area contributed by atoms with Crippen LogP contribution in [0.25, 0.3) is 0 Å². The molecule has 2 rings (SSSR count). The van der Waals surface area contributed by atoms with Gasteiger partial charge in [0.25, 0.3) is 0 Å². The summed E-state index contributed by atoms with van der Waals surface area (Å²) in [6.07, 6.45) is 3.65. The van der Waals surface area contributed by atoms with Crippen molar-refractivity contribution in [3.63, 3.8) is 0 Å². The molecule has 5 heteroatoms. The van der Waals surface area contributed by atoms with Crippen molar-refractivity contribution >= 4 is 0 Å². The Hall–Kier alpha value is -1.72. The van der Waals surface area contributed by atoms with Crippen molar-refractivity contribution in [3.8, 4) is 0 Å². The van der Waals surface area contributed by atoms with Crippen molar-refractivity contribution in [1.29, 1.82) is 0 Å². The van der Waals surface area contributed by atoms with E-state index in [1.807, 2.05) is 23.9 Å². The number of aromatic nitrogens is 2. The summed E-state index contributed by atoms with van der Waals surface area (Å²) in [7, 11) is 0. The molecule has 18 heavy (non-hydrogen) atoms. The van der Waals surface area contributed by atoms with Crippen LogP contribution in [-0.2, 0) is 6.54 Å². The van der Waals surface area contributed by atoms with Crippen molar-refractivity contribution in [1.82, 2.24) is 15.2 Å². The van der Waals surface area contributed by atoms with Gasteiger partial charge in [0.05, 0.1) is 12.2 Å². The number of rotatable bonds is 4. The molecule has 0 radical (unpaired) electrons. The van der Waals surface area contributed by atoms with Gasteiger partial charge in [-0.05, 0) is 31.0 Å². The molecule has 0 saturated carbocycles. The van der Waals surface area contributed by atoms with Crippen molar-refractivity contribution in [2.24, 2.45) is 5.84 Å². The quantitative estimate of drug-likeness (QED) is 0.642. The minimum absolute atomic E-state index is 0.226. The third-order valence-electron chi connectivity index (χ3n) is 3.01. The molecule has 1 atom stereocenters. The molecule has 0 amide bonds. The number of halogens is 1. The molecule has 1 heterocycles. The van der Waals surface area contributed by atoms with E-state index < -0.39 is 0 Å². The number of benzene rings is 1. The number of nitrogens with zero attached hydrogens (tertiary/aromatic N) is 2. The van der Waals surface area contributed by atoms with Crippen molar-refractivity contribution in [3.05, 3.63) is 53.1 Å². The summed E-state index contributed by atoms with van der Waals surface area (Å²) < 4.78 is 15.4. The standard InChI is InChI=1S/C13H17FN4/c1-3-18-8-11(7-16-18)13(17-15)10-5-4-9(2)12(14)6-10/h4-8,13,17H,3,15H2,1-2H3. The lowest BCUT2D eigenvalue weighted by atomic mass is 10.0. The van der Waals surface area contributed by atoms with Gasteiger partial charge in [-0.25, -0.2) is 9.82 Å². The number of hydrazine groups is 1. The molecule has 96 valence electrons. The Kier molecular flexibility index (Phi) is 3.74. The van der Waals surface area contributed by atoms with E-state index in [2.05, 4.69) is 10.5 Å². The zero-order valence-electron chi connectivity index (χ0n) is 10.5. The van der Waals surface area contributed by atoms with Crippen molar-refractivity contribution in [2.45, 2.75) is 26.4 Å². The lowest BCUT2D eigenvalue weighted by Gasteiger charge is -2.15. The highest BCUT2D eigenvalue weighted by Gasteiger charge is 2.15. The number of aryl methyl sites for hydroxylation is 2. The maximum absolute atomic E-state index is 13.6. The first-order chi connectivity index (χ1) is 8.65. The van der Waals surface area contributed by atoms with Crippen LogP contribution in [-0.4, -0.2) is 9.78 Å². The molecular weight excluding hydrogens is 231 g/mol. The van der Waals surface area contributed by atoms with Crippen LogP contribution in [0.1, 0.15) is 29.7 Å². The highest BCUT2D eigenvalue weighted by atomic mass is 19.1. The maximum atomic E-state index is 13.6. The first-order valence-corrected chi connectivity index (χ1v) is 5.90. The third-order valence-corrected chi connectivity index (χ3v) is 3.01. The highest BCUT2D eigenvalue weighted by Crippen LogP contribution is 2.22. The van der Waals surface area contributed by atoms with Crippen LogP contribution in [0, 0.1) is 12.7 Å². The van der Waals surface area contributed by atoms with Gasteiger partial charge in [0.1, 0.15) is 5.82 Å². The van der Waals surface area contributed by atoms with E-state index in [4.69, 9.17) is 5.84 Å². The van der Waals surface area contributed by atoms with Crippen LogP contribution < -0.4 is 11.3 Å². The largest absolute Gasteiger partial charge is 0.273 e. The van der Waals surface area contributed by atoms with Gasteiger partial charge in [-0.15, -0.1) is 0 Å². The molecule has 0 aliphatic heterocycles. The van der Waals surface area contributed by atoms with Gasteiger partial charge in [0.15, 0.2) is 0 Å². The van der Waals surface area contributed by atoms with Crippen LogP contribution in [0.4, 0.5) is 4.39 Å². The average Bonchev–Trinajstić information content (AvgIpc) is 2.83. The summed E-state index contributed by atoms with van der Waals surface area (Å²) in [6, 6.07) is 4.87. The minimum atomic E-state index is -0.250. The molecule has 0 saturated heterocycles. The van der Waals surface area contributed by atoms with Crippen LogP contribution in [0.15, 0.2) is 30.6 Å². The SMILES string of the molecule is CCn1cc(C(NN)c2ccc(C)c(F)c2)cn1. The maximum Gasteiger partial charge on any atom is 0.126 e. The molecule has 0 fully saturated rings. The first kappa shape index (κ1) is 12.7. The van der Waals surface area contributed by atoms with E-state index in [0.717, 1.165) is 17.7 Å². The third kappa shape index (κ3) is 2.42. The Bertz CT molecular complexity index is 536. The molecule has 2 aromatic rings. The van der Waals surface area contributed by atoms with Crippen molar-refractivity contribution < 1.29 is 4.39 Å². The Labute approximate surface area is 106 Å². The van der Waals surface area contributed by atoms with Crippen LogP contribution in [0.3, 0.4) is 0 Å². The Balaban J connectivity index is 2.35. The molecular formula is C13H17FN4. The summed E-state index contributed by atoms with van der Waals surface area (Å²) in [4.78, 5) is 0. The normalized spacial score (nSPS) is 12.7. The Morgan fingerprint density at radius 3 is 2.78 bits per heavy atom. The van der Waals surface area contributed by atoms with Crippen LogP contribution in [0.2, 0.25) is 0 Å². The van der Waals surface area contributed by atoms with Crippen LogP contribution in [0.5, 0.6) is 0 Å². The second-order valence-electron chi connectivity index (χ2n) is 4.24. The smallest absolute Gasteiger partial charge is 0.126 e. The summed E-state index contributed by atoms with van der Waals surface area (Å²) in [5.74, 6) is 5.34. The second-order valence-corrected chi connectivity index (χ2v) is 4.24. The molecule has 0 spiro atoms. The van der Waals surface area contributed by atoms with Gasteiger partial charge in [0.2, 0.25) is 0 Å². The van der Waals surface area contributed by atoms with E-state index >= 15 is 0 Å². The molecule has 3 N–H and O–H groups in total. The first-order valence-electron chi connectivity index (χ1n) is 5.90. The summed E-state index contributed by atoms with van der Waals surface area (Å²) in [5.41, 5.74) is 5.03. The number of hydrogen-bond donors (Lipinski definition) is 2. The average molecular weight is 248 g/mol. The van der Waals surface area contributed by atoms with Gasteiger partial charge >= 0.3 is 0 Å². The number of nitrogens with two attached hydrogens (primary N) is 1. The van der Waals surface area contributed by atoms with E-state index in [-0.39, 0.29) is 11.9 Å². The topological polar surface area (TPSA) is 55.9 Å². The summed E-state index contributed by atoms with van der Waals surface area (Å²) in [5, 5.41) is 4.20. The molecule has 0 bridgehead atoms. The van der Waals surface area contributed by atoms with E-state index in [0.29, 0.717) is 5.56 Å². The Morgan fingerprint density at radius 2 is 2.22 bits per heavy atom. The zero-order valence-corrected chi connectivity index (χ0v) is 10.5. The second kappa shape index (κ2) is 5.29. The van der Waals surface area contributed by atoms with Gasteiger partial charge < -0.3 is 0 Å². The lowest BCUT2D eigenvalue weighted by Crippen LogP contribution is -2.28. The fourth-order valence-electron chi connectivity index (χ4n) is 1.88. The fourth-order valence-corrected chi connectivity index (χ4v) is 1.88. The molecule has 1 unspecified atom stereocenters. The minimum Gasteiger partial charge on any atom is -0.273 e. The van der Waals surface area contributed by atoms with Gasteiger partial charge in [-0.3, -0.25) is 10.5 Å². The van der Waals surface area contributed by atoms with Crippen LogP contribution >= 0.6 is 0 Å². The number of hydrogen-bond acceptors (Lipinski definition) is 3. The van der Waals surface area contributed by atoms with E-state index in [1.54, 1.807) is 19.2 Å². The van der Waals surface area contributed by atoms with E-state index in [9.17, 15) is 4.39 Å². The monoisotopic (exact) mass is 248 g/mol. The molecule has 1 aromatic heterocycles. The Morgan fingerprint density at radius 1 is 1.44 bits per heavy atom. The highest BCUT2D eigenvalue weighted by molar-refractivity contribution is 5.32. The van der Waals surface area contributed by atoms with Gasteiger partial charge in [-0.1, -0.05) is 12.1 Å².